The average Bonchev–Trinajstić information content (AvgIpc) is 3.09. The molecular formula is C23H21N3O5. The smallest absolute Gasteiger partial charge is 0.335 e. The highest BCUT2D eigenvalue weighted by Gasteiger charge is 2.12. The molecule has 0 saturated heterocycles. The van der Waals surface area contributed by atoms with Gasteiger partial charge in [0.15, 0.2) is 0 Å². The fraction of sp³-hybridized carbons (Fsp3) is 0.174. The summed E-state index contributed by atoms with van der Waals surface area (Å²) >= 11 is 0. The zero-order chi connectivity index (χ0) is 22.0. The Morgan fingerprint density at radius 3 is 2.65 bits per heavy atom. The number of rotatable bonds is 7. The molecule has 4 rings (SSSR count). The molecule has 8 heteroatoms. The van der Waals surface area contributed by atoms with Crippen LogP contribution in [-0.2, 0) is 13.7 Å². The van der Waals surface area contributed by atoms with E-state index in [4.69, 9.17) is 19.3 Å². The standard InChI is InChI=1S/C23H21N3O5/c1-14-20(9-10-22(24-14)29-3)31-17-7-8-18-19(12-17)26(2)21(25-18)13-30-16-6-4-5-15(11-16)23(27)28/h4-12H,13H2,1-3H3,(H,27,28). The summed E-state index contributed by atoms with van der Waals surface area (Å²) in [4.78, 5) is 20.1. The molecule has 158 valence electrons. The first-order chi connectivity index (χ1) is 14.9. The largest absolute Gasteiger partial charge is 0.486 e. The first-order valence-corrected chi connectivity index (χ1v) is 9.55. The van der Waals surface area contributed by atoms with Crippen LogP contribution in [0.15, 0.2) is 54.6 Å². The van der Waals surface area contributed by atoms with Gasteiger partial charge in [-0.1, -0.05) is 6.07 Å². The van der Waals surface area contributed by atoms with Gasteiger partial charge in [0.1, 0.15) is 29.7 Å². The molecule has 0 atom stereocenters. The zero-order valence-electron chi connectivity index (χ0n) is 17.3. The minimum Gasteiger partial charge on any atom is -0.486 e. The van der Waals surface area contributed by atoms with Crippen LogP contribution in [0.3, 0.4) is 0 Å². The number of carboxylic acids is 1. The van der Waals surface area contributed by atoms with Crippen molar-refractivity contribution in [3.63, 3.8) is 0 Å². The van der Waals surface area contributed by atoms with Gasteiger partial charge in [-0.3, -0.25) is 0 Å². The van der Waals surface area contributed by atoms with Crippen molar-refractivity contribution in [2.45, 2.75) is 13.5 Å². The third-order valence-corrected chi connectivity index (χ3v) is 4.84. The first-order valence-electron chi connectivity index (χ1n) is 9.55. The van der Waals surface area contributed by atoms with Crippen LogP contribution in [-0.4, -0.2) is 32.7 Å². The fourth-order valence-electron chi connectivity index (χ4n) is 3.15. The molecule has 4 aromatic rings. The van der Waals surface area contributed by atoms with Crippen LogP contribution < -0.4 is 14.2 Å². The lowest BCUT2D eigenvalue weighted by atomic mass is 10.2. The Bertz CT molecular complexity index is 1270. The maximum absolute atomic E-state index is 11.1. The first kappa shape index (κ1) is 20.2. The quantitative estimate of drug-likeness (QED) is 0.476. The van der Waals surface area contributed by atoms with E-state index < -0.39 is 5.97 Å². The van der Waals surface area contributed by atoms with E-state index in [2.05, 4.69) is 9.97 Å². The van der Waals surface area contributed by atoms with E-state index >= 15 is 0 Å². The molecule has 2 aromatic carbocycles. The monoisotopic (exact) mass is 419 g/mol. The molecule has 1 N–H and O–H groups in total. The molecule has 2 heterocycles. The minimum absolute atomic E-state index is 0.174. The lowest BCUT2D eigenvalue weighted by molar-refractivity contribution is 0.0696. The number of benzene rings is 2. The van der Waals surface area contributed by atoms with Crippen molar-refractivity contribution in [2.24, 2.45) is 7.05 Å². The van der Waals surface area contributed by atoms with Gasteiger partial charge in [0.2, 0.25) is 5.88 Å². The maximum Gasteiger partial charge on any atom is 0.335 e. The topological polar surface area (TPSA) is 95.7 Å². The molecule has 0 aliphatic heterocycles. The number of methoxy groups -OCH3 is 1. The van der Waals surface area contributed by atoms with Gasteiger partial charge in [-0.05, 0) is 43.3 Å². The molecular weight excluding hydrogens is 398 g/mol. The number of aromatic nitrogens is 3. The summed E-state index contributed by atoms with van der Waals surface area (Å²) < 4.78 is 18.8. The number of fused-ring (bicyclic) bond motifs is 1. The summed E-state index contributed by atoms with van der Waals surface area (Å²) in [5, 5.41) is 9.11. The molecule has 0 unspecified atom stereocenters. The summed E-state index contributed by atoms with van der Waals surface area (Å²) in [5.74, 6) is 2.01. The van der Waals surface area contributed by atoms with Crippen LogP contribution in [0.4, 0.5) is 0 Å². The number of imidazole rings is 1. The highest BCUT2D eigenvalue weighted by Crippen LogP contribution is 2.29. The number of hydrogen-bond donors (Lipinski definition) is 1. The van der Waals surface area contributed by atoms with E-state index in [0.29, 0.717) is 29.0 Å². The second-order valence-electron chi connectivity index (χ2n) is 6.90. The van der Waals surface area contributed by atoms with Crippen LogP contribution in [0.25, 0.3) is 11.0 Å². The lowest BCUT2D eigenvalue weighted by Gasteiger charge is -2.10. The van der Waals surface area contributed by atoms with Crippen molar-refractivity contribution >= 4 is 17.0 Å². The third-order valence-electron chi connectivity index (χ3n) is 4.84. The van der Waals surface area contributed by atoms with Gasteiger partial charge in [0, 0.05) is 19.2 Å². The number of aromatic carboxylic acids is 1. The molecule has 0 amide bonds. The van der Waals surface area contributed by atoms with Crippen LogP contribution >= 0.6 is 0 Å². The summed E-state index contributed by atoms with van der Waals surface area (Å²) in [6.07, 6.45) is 0. The van der Waals surface area contributed by atoms with Crippen molar-refractivity contribution in [1.82, 2.24) is 14.5 Å². The molecule has 31 heavy (non-hydrogen) atoms. The highest BCUT2D eigenvalue weighted by atomic mass is 16.5. The summed E-state index contributed by atoms with van der Waals surface area (Å²) in [6.45, 7) is 2.06. The van der Waals surface area contributed by atoms with Crippen molar-refractivity contribution in [3.05, 3.63) is 71.7 Å². The van der Waals surface area contributed by atoms with Gasteiger partial charge < -0.3 is 23.9 Å². The van der Waals surface area contributed by atoms with Gasteiger partial charge in [0.25, 0.3) is 0 Å². The van der Waals surface area contributed by atoms with Crippen LogP contribution in [0.5, 0.6) is 23.1 Å². The lowest BCUT2D eigenvalue weighted by Crippen LogP contribution is -2.04. The van der Waals surface area contributed by atoms with Gasteiger partial charge in [0.05, 0.1) is 29.4 Å². The van der Waals surface area contributed by atoms with E-state index in [1.54, 1.807) is 25.3 Å². The Balaban J connectivity index is 1.54. The maximum atomic E-state index is 11.1. The second-order valence-corrected chi connectivity index (χ2v) is 6.90. The Labute approximate surface area is 178 Å². The normalized spacial score (nSPS) is 10.8. The van der Waals surface area contributed by atoms with Gasteiger partial charge in [-0.25, -0.2) is 14.8 Å². The van der Waals surface area contributed by atoms with E-state index in [9.17, 15) is 4.79 Å². The summed E-state index contributed by atoms with van der Waals surface area (Å²) in [7, 11) is 3.47. The van der Waals surface area contributed by atoms with Crippen molar-refractivity contribution in [2.75, 3.05) is 7.11 Å². The van der Waals surface area contributed by atoms with Crippen LogP contribution in [0, 0.1) is 6.92 Å². The molecule has 0 aliphatic carbocycles. The average molecular weight is 419 g/mol. The SMILES string of the molecule is COc1ccc(Oc2ccc3nc(COc4cccc(C(=O)O)c4)n(C)c3c2)c(C)n1. The molecule has 0 bridgehead atoms. The van der Waals surface area contributed by atoms with E-state index in [1.807, 2.05) is 42.8 Å². The van der Waals surface area contributed by atoms with Crippen molar-refractivity contribution < 1.29 is 24.1 Å². The Morgan fingerprint density at radius 2 is 1.90 bits per heavy atom. The molecule has 8 nitrogen and oxygen atoms in total. The van der Waals surface area contributed by atoms with E-state index in [-0.39, 0.29) is 12.2 Å². The number of ether oxygens (including phenoxy) is 3. The predicted molar refractivity (Wildman–Crippen MR) is 114 cm³/mol. The number of nitrogens with zero attached hydrogens (tertiary/aromatic N) is 3. The molecule has 0 aliphatic rings. The molecule has 2 aromatic heterocycles. The number of carbonyl (C=O) groups is 1. The van der Waals surface area contributed by atoms with Gasteiger partial charge >= 0.3 is 5.97 Å². The Hall–Kier alpha value is -4.07. The minimum atomic E-state index is -0.997. The highest BCUT2D eigenvalue weighted by molar-refractivity contribution is 5.88. The molecule has 0 fully saturated rings. The number of pyridine rings is 1. The van der Waals surface area contributed by atoms with E-state index in [0.717, 1.165) is 16.7 Å². The van der Waals surface area contributed by atoms with Crippen molar-refractivity contribution in [3.8, 4) is 23.1 Å². The second kappa shape index (κ2) is 8.35. The van der Waals surface area contributed by atoms with E-state index in [1.165, 1.54) is 12.1 Å². The Kier molecular flexibility index (Phi) is 5.44. The van der Waals surface area contributed by atoms with Gasteiger partial charge in [-0.15, -0.1) is 0 Å². The molecule has 0 radical (unpaired) electrons. The predicted octanol–water partition coefficient (Wildman–Crippen LogP) is 4.35. The summed E-state index contributed by atoms with van der Waals surface area (Å²) in [5.41, 5.74) is 2.58. The Morgan fingerprint density at radius 1 is 1.06 bits per heavy atom. The zero-order valence-corrected chi connectivity index (χ0v) is 17.3. The number of aryl methyl sites for hydroxylation is 2. The number of hydrogen-bond acceptors (Lipinski definition) is 6. The third kappa shape index (κ3) is 4.28. The van der Waals surface area contributed by atoms with Crippen LogP contribution in [0.2, 0.25) is 0 Å². The molecule has 0 saturated carbocycles. The molecule has 0 spiro atoms. The fourth-order valence-corrected chi connectivity index (χ4v) is 3.15. The number of carboxylic acid groups (broad SMARTS) is 1. The van der Waals surface area contributed by atoms with Crippen molar-refractivity contribution in [1.29, 1.82) is 0 Å². The van der Waals surface area contributed by atoms with Gasteiger partial charge in [-0.2, -0.15) is 0 Å². The summed E-state index contributed by atoms with van der Waals surface area (Å²) in [6, 6.07) is 15.6. The van der Waals surface area contributed by atoms with Crippen LogP contribution in [0.1, 0.15) is 21.9 Å².